The third-order valence-corrected chi connectivity index (χ3v) is 4.59. The van der Waals surface area contributed by atoms with Crippen molar-refractivity contribution >= 4 is 6.47 Å². The summed E-state index contributed by atoms with van der Waals surface area (Å²) in [7, 11) is 0. The van der Waals surface area contributed by atoms with E-state index in [9.17, 15) is 4.79 Å². The van der Waals surface area contributed by atoms with Crippen molar-refractivity contribution in [1.29, 1.82) is 0 Å². The molecule has 0 N–H and O–H groups in total. The maximum atomic E-state index is 9.97. The molecule has 2 nitrogen and oxygen atoms in total. The molecule has 0 bridgehead atoms. The fraction of sp³-hybridized carbons (Fsp3) is 0.864. The molecule has 0 amide bonds. The first-order valence-electron chi connectivity index (χ1n) is 10.6. The van der Waals surface area contributed by atoms with Gasteiger partial charge in [-0.2, -0.15) is 0 Å². The maximum absolute atomic E-state index is 9.97. The molecular formula is C22H42O2. The molecule has 0 fully saturated rings. The SMILES string of the molecule is CCCCC=CCCCCCCCCCCCCCCCOC=O. The van der Waals surface area contributed by atoms with Gasteiger partial charge in [0.2, 0.25) is 0 Å². The van der Waals surface area contributed by atoms with Gasteiger partial charge in [0, 0.05) is 0 Å². The zero-order valence-corrected chi connectivity index (χ0v) is 16.3. The van der Waals surface area contributed by atoms with E-state index in [1.165, 1.54) is 103 Å². The molecule has 0 saturated heterocycles. The van der Waals surface area contributed by atoms with Gasteiger partial charge in [-0.05, 0) is 25.7 Å². The fourth-order valence-electron chi connectivity index (χ4n) is 3.00. The molecule has 24 heavy (non-hydrogen) atoms. The third-order valence-electron chi connectivity index (χ3n) is 4.59. The van der Waals surface area contributed by atoms with Gasteiger partial charge >= 0.3 is 0 Å². The predicted molar refractivity (Wildman–Crippen MR) is 105 cm³/mol. The molecule has 0 saturated carbocycles. The molecule has 0 aliphatic rings. The Morgan fingerprint density at radius 1 is 0.583 bits per heavy atom. The van der Waals surface area contributed by atoms with Crippen molar-refractivity contribution in [2.45, 2.75) is 116 Å². The molecule has 0 aliphatic heterocycles. The second-order valence-electron chi connectivity index (χ2n) is 6.97. The quantitative estimate of drug-likeness (QED) is 0.132. The van der Waals surface area contributed by atoms with Crippen LogP contribution in [0.4, 0.5) is 0 Å². The highest BCUT2D eigenvalue weighted by Gasteiger charge is 1.94. The Hall–Kier alpha value is -0.790. The van der Waals surface area contributed by atoms with Crippen molar-refractivity contribution in [2.75, 3.05) is 6.61 Å². The lowest BCUT2D eigenvalue weighted by atomic mass is 10.0. The summed E-state index contributed by atoms with van der Waals surface area (Å²) in [6.07, 6.45) is 27.4. The van der Waals surface area contributed by atoms with Gasteiger partial charge in [0.05, 0.1) is 6.61 Å². The van der Waals surface area contributed by atoms with Crippen LogP contribution in [-0.2, 0) is 9.53 Å². The Kier molecular flexibility index (Phi) is 21.5. The van der Waals surface area contributed by atoms with E-state index in [1.54, 1.807) is 0 Å². The summed E-state index contributed by atoms with van der Waals surface area (Å²) in [4.78, 5) is 9.97. The number of rotatable bonds is 20. The van der Waals surface area contributed by atoms with Gasteiger partial charge in [-0.3, -0.25) is 4.79 Å². The van der Waals surface area contributed by atoms with Crippen molar-refractivity contribution in [3.05, 3.63) is 12.2 Å². The van der Waals surface area contributed by atoms with Crippen molar-refractivity contribution in [3.63, 3.8) is 0 Å². The van der Waals surface area contributed by atoms with Crippen molar-refractivity contribution in [2.24, 2.45) is 0 Å². The number of carbonyl (C=O) groups excluding carboxylic acids is 1. The van der Waals surface area contributed by atoms with E-state index in [0.29, 0.717) is 13.1 Å². The van der Waals surface area contributed by atoms with E-state index in [-0.39, 0.29) is 0 Å². The summed E-state index contributed by atoms with van der Waals surface area (Å²) in [5.74, 6) is 0. The molecule has 0 aromatic carbocycles. The van der Waals surface area contributed by atoms with Crippen molar-refractivity contribution in [3.8, 4) is 0 Å². The lowest BCUT2D eigenvalue weighted by Gasteiger charge is -2.03. The second-order valence-corrected chi connectivity index (χ2v) is 6.97. The molecule has 0 heterocycles. The highest BCUT2D eigenvalue weighted by molar-refractivity contribution is 5.36. The van der Waals surface area contributed by atoms with Crippen molar-refractivity contribution < 1.29 is 9.53 Å². The van der Waals surface area contributed by atoms with Gasteiger partial charge < -0.3 is 4.74 Å². The molecular weight excluding hydrogens is 296 g/mol. The first-order chi connectivity index (χ1) is 11.9. The minimum atomic E-state index is 0.547. The summed E-state index contributed by atoms with van der Waals surface area (Å²) in [5.41, 5.74) is 0. The lowest BCUT2D eigenvalue weighted by molar-refractivity contribution is -0.128. The number of ether oxygens (including phenoxy) is 1. The molecule has 0 unspecified atom stereocenters. The Labute approximate surface area is 151 Å². The predicted octanol–water partition coefficient (Wildman–Crippen LogP) is 7.37. The summed E-state index contributed by atoms with van der Waals surface area (Å²) in [6, 6.07) is 0. The summed E-state index contributed by atoms with van der Waals surface area (Å²) in [5, 5.41) is 0. The molecule has 0 aromatic heterocycles. The number of allylic oxidation sites excluding steroid dienone is 2. The van der Waals surface area contributed by atoms with Crippen LogP contribution in [0.25, 0.3) is 0 Å². The molecule has 0 rings (SSSR count). The molecule has 2 heteroatoms. The van der Waals surface area contributed by atoms with E-state index < -0.39 is 0 Å². The first kappa shape index (κ1) is 23.2. The standard InChI is InChI=1S/C22H42O2/c1-2-3-4-5-6-7-8-9-10-11-12-13-14-15-16-17-18-19-20-21-24-22-23/h5-6,22H,2-4,7-21H2,1H3. The number of carbonyl (C=O) groups is 1. The molecule has 0 spiro atoms. The minimum Gasteiger partial charge on any atom is -0.468 e. The van der Waals surface area contributed by atoms with Crippen LogP contribution in [0.3, 0.4) is 0 Å². The number of hydrogen-bond donors (Lipinski definition) is 0. The van der Waals surface area contributed by atoms with Gasteiger partial charge in [-0.15, -0.1) is 0 Å². The largest absolute Gasteiger partial charge is 0.468 e. The minimum absolute atomic E-state index is 0.547. The van der Waals surface area contributed by atoms with Crippen LogP contribution < -0.4 is 0 Å². The zero-order valence-electron chi connectivity index (χ0n) is 16.3. The van der Waals surface area contributed by atoms with Crippen LogP contribution in [0, 0.1) is 0 Å². The summed E-state index contributed by atoms with van der Waals surface area (Å²) in [6.45, 7) is 3.40. The van der Waals surface area contributed by atoms with Gasteiger partial charge in [-0.25, -0.2) is 0 Å². The maximum Gasteiger partial charge on any atom is 0.293 e. The van der Waals surface area contributed by atoms with E-state index >= 15 is 0 Å². The van der Waals surface area contributed by atoms with Gasteiger partial charge in [0.1, 0.15) is 0 Å². The molecule has 142 valence electrons. The fourth-order valence-corrected chi connectivity index (χ4v) is 3.00. The van der Waals surface area contributed by atoms with Crippen LogP contribution in [0.15, 0.2) is 12.2 Å². The van der Waals surface area contributed by atoms with Crippen LogP contribution >= 0.6 is 0 Å². The second kappa shape index (κ2) is 22.2. The monoisotopic (exact) mass is 338 g/mol. The molecule has 0 radical (unpaired) electrons. The number of hydrogen-bond acceptors (Lipinski definition) is 2. The van der Waals surface area contributed by atoms with E-state index in [4.69, 9.17) is 0 Å². The normalized spacial score (nSPS) is 11.2. The lowest BCUT2D eigenvalue weighted by Crippen LogP contribution is -1.91. The van der Waals surface area contributed by atoms with Crippen LogP contribution in [0.5, 0.6) is 0 Å². The summed E-state index contributed by atoms with van der Waals surface area (Å²) >= 11 is 0. The average Bonchev–Trinajstić information content (AvgIpc) is 2.60. The Bertz CT molecular complexity index is 261. The molecule has 0 aliphatic carbocycles. The topological polar surface area (TPSA) is 26.3 Å². The van der Waals surface area contributed by atoms with Crippen LogP contribution in [0.1, 0.15) is 116 Å². The van der Waals surface area contributed by atoms with Crippen molar-refractivity contribution in [1.82, 2.24) is 0 Å². The third kappa shape index (κ3) is 21.2. The summed E-state index contributed by atoms with van der Waals surface area (Å²) < 4.78 is 4.68. The van der Waals surface area contributed by atoms with E-state index in [1.807, 2.05) is 0 Å². The van der Waals surface area contributed by atoms with Gasteiger partial charge in [0.25, 0.3) is 6.47 Å². The molecule has 0 aromatic rings. The van der Waals surface area contributed by atoms with E-state index in [2.05, 4.69) is 23.8 Å². The Morgan fingerprint density at radius 2 is 1.00 bits per heavy atom. The van der Waals surface area contributed by atoms with Crippen LogP contribution in [-0.4, -0.2) is 13.1 Å². The van der Waals surface area contributed by atoms with Gasteiger partial charge in [0.15, 0.2) is 0 Å². The van der Waals surface area contributed by atoms with Gasteiger partial charge in [-0.1, -0.05) is 103 Å². The van der Waals surface area contributed by atoms with Crippen LogP contribution in [0.2, 0.25) is 0 Å². The zero-order chi connectivity index (χ0) is 17.6. The average molecular weight is 339 g/mol. The first-order valence-corrected chi connectivity index (χ1v) is 10.6. The highest BCUT2D eigenvalue weighted by Crippen LogP contribution is 2.13. The Balaban J connectivity index is 3.00. The highest BCUT2D eigenvalue weighted by atomic mass is 16.5. The van der Waals surface area contributed by atoms with E-state index in [0.717, 1.165) is 6.42 Å². The Morgan fingerprint density at radius 3 is 1.46 bits per heavy atom. The number of unbranched alkanes of at least 4 members (excludes halogenated alkanes) is 15. The smallest absolute Gasteiger partial charge is 0.293 e. The molecule has 0 atom stereocenters.